The van der Waals surface area contributed by atoms with Crippen molar-refractivity contribution in [1.29, 1.82) is 0 Å². The first kappa shape index (κ1) is 24.4. The fourth-order valence-corrected chi connectivity index (χ4v) is 2.83. The lowest BCUT2D eigenvalue weighted by Crippen LogP contribution is -2.38. The monoisotopic (exact) mass is 433 g/mol. The van der Waals surface area contributed by atoms with Crippen LogP contribution in [0.25, 0.3) is 5.57 Å². The van der Waals surface area contributed by atoms with Crippen molar-refractivity contribution in [3.05, 3.63) is 41.7 Å². The molecule has 0 N–H and O–H groups in total. The number of nitrogens with zero attached hydrogens (tertiary/aromatic N) is 3. The Morgan fingerprint density at radius 2 is 1.77 bits per heavy atom. The third-order valence-corrected chi connectivity index (χ3v) is 4.70. The average molecular weight is 434 g/mol. The fraction of sp³-hybridized carbons (Fsp3) is 0.500. The van der Waals surface area contributed by atoms with E-state index in [4.69, 9.17) is 23.9 Å². The summed E-state index contributed by atoms with van der Waals surface area (Å²) in [6.45, 7) is 8.42. The van der Waals surface area contributed by atoms with Gasteiger partial charge in [-0.15, -0.1) is 0 Å². The van der Waals surface area contributed by atoms with Crippen LogP contribution in [0.5, 0.6) is 0 Å². The molecule has 0 amide bonds. The predicted molar refractivity (Wildman–Crippen MR) is 118 cm³/mol. The largest absolute Gasteiger partial charge is 0.503 e. The molecule has 9 nitrogen and oxygen atoms in total. The van der Waals surface area contributed by atoms with Gasteiger partial charge in [-0.3, -0.25) is 4.90 Å². The van der Waals surface area contributed by atoms with Crippen LogP contribution in [-0.2, 0) is 35.3 Å². The summed E-state index contributed by atoms with van der Waals surface area (Å²) < 4.78 is 15.2. The summed E-state index contributed by atoms with van der Waals surface area (Å²) in [6, 6.07) is 7.33. The van der Waals surface area contributed by atoms with Crippen LogP contribution >= 0.6 is 0 Å². The molecule has 0 bridgehead atoms. The van der Waals surface area contributed by atoms with Gasteiger partial charge in [0.15, 0.2) is 0 Å². The molecule has 0 atom stereocenters. The Kier molecular flexibility index (Phi) is 10.5. The molecular weight excluding hydrogens is 402 g/mol. The van der Waals surface area contributed by atoms with Gasteiger partial charge >= 0.3 is 5.97 Å². The molecule has 0 aromatic heterocycles. The van der Waals surface area contributed by atoms with Crippen LogP contribution in [-0.4, -0.2) is 76.0 Å². The van der Waals surface area contributed by atoms with Crippen LogP contribution in [0.15, 0.2) is 40.8 Å². The Labute approximate surface area is 183 Å². The zero-order valence-corrected chi connectivity index (χ0v) is 18.6. The van der Waals surface area contributed by atoms with Crippen molar-refractivity contribution in [2.24, 2.45) is 10.3 Å². The minimum Gasteiger partial charge on any atom is -0.503 e. The molecule has 170 valence electrons. The van der Waals surface area contributed by atoms with Gasteiger partial charge in [0.05, 0.1) is 33.7 Å². The van der Waals surface area contributed by atoms with Gasteiger partial charge in [0.25, 0.3) is 0 Å². The summed E-state index contributed by atoms with van der Waals surface area (Å²) in [7, 11) is 2.80. The maximum absolute atomic E-state index is 12.1. The topological polar surface area (TPSA) is 91.2 Å². The van der Waals surface area contributed by atoms with E-state index in [1.165, 1.54) is 20.5 Å². The molecule has 1 heterocycles. The van der Waals surface area contributed by atoms with Crippen molar-refractivity contribution in [3.8, 4) is 0 Å². The number of esters is 1. The van der Waals surface area contributed by atoms with E-state index in [-0.39, 0.29) is 6.61 Å². The number of hydrogen-bond acceptors (Lipinski definition) is 9. The molecule has 1 saturated heterocycles. The Balaban J connectivity index is 1.90. The fourth-order valence-electron chi connectivity index (χ4n) is 2.83. The molecule has 31 heavy (non-hydrogen) atoms. The number of hydrogen-bond donors (Lipinski definition) is 0. The molecule has 0 saturated carbocycles. The minimum absolute atomic E-state index is 0.163. The summed E-state index contributed by atoms with van der Waals surface area (Å²) in [5.74, 6) is -0.494. The predicted octanol–water partition coefficient (Wildman–Crippen LogP) is 2.46. The Hall–Kier alpha value is -2.91. The number of benzene rings is 1. The van der Waals surface area contributed by atoms with Crippen molar-refractivity contribution < 1.29 is 28.7 Å². The Morgan fingerprint density at radius 3 is 2.45 bits per heavy atom. The normalized spacial score (nSPS) is 16.1. The summed E-state index contributed by atoms with van der Waals surface area (Å²) in [5, 5.41) is 8.21. The third-order valence-electron chi connectivity index (χ3n) is 4.70. The van der Waals surface area contributed by atoms with E-state index in [0.29, 0.717) is 29.2 Å². The van der Waals surface area contributed by atoms with Crippen LogP contribution in [0.4, 0.5) is 0 Å². The lowest BCUT2D eigenvalue weighted by molar-refractivity contribution is -0.133. The number of carbonyl (C=O) groups excluding carboxylic acids is 1. The van der Waals surface area contributed by atoms with Gasteiger partial charge in [-0.1, -0.05) is 34.6 Å². The molecule has 1 aromatic rings. The minimum atomic E-state index is -0.494. The van der Waals surface area contributed by atoms with Crippen molar-refractivity contribution in [3.63, 3.8) is 0 Å². The van der Waals surface area contributed by atoms with Crippen LogP contribution < -0.4 is 0 Å². The van der Waals surface area contributed by atoms with E-state index < -0.39 is 5.97 Å². The molecule has 0 aliphatic carbocycles. The highest BCUT2D eigenvalue weighted by Gasteiger charge is 2.17. The number of morpholine rings is 1. The van der Waals surface area contributed by atoms with Crippen molar-refractivity contribution in [2.75, 3.05) is 53.7 Å². The molecule has 1 aromatic carbocycles. The molecule has 1 aliphatic heterocycles. The number of methoxy groups -OCH3 is 2. The van der Waals surface area contributed by atoms with Crippen LogP contribution in [0.2, 0.25) is 0 Å². The second-order valence-electron chi connectivity index (χ2n) is 6.83. The highest BCUT2D eigenvalue weighted by Crippen LogP contribution is 2.21. The van der Waals surface area contributed by atoms with Crippen molar-refractivity contribution in [1.82, 2.24) is 4.90 Å². The van der Waals surface area contributed by atoms with Gasteiger partial charge in [0.1, 0.15) is 30.2 Å². The SMILES string of the molecule is CO/C=C(\C(=O)OC)c1ccccc1CO/N=C(C)/C(C)=N/OCCN1CCOCC1. The zero-order chi connectivity index (χ0) is 22.5. The summed E-state index contributed by atoms with van der Waals surface area (Å²) in [6.07, 6.45) is 1.35. The van der Waals surface area contributed by atoms with Crippen LogP contribution in [0, 0.1) is 0 Å². The van der Waals surface area contributed by atoms with E-state index >= 15 is 0 Å². The van der Waals surface area contributed by atoms with Crippen LogP contribution in [0.3, 0.4) is 0 Å². The maximum atomic E-state index is 12.1. The molecule has 0 spiro atoms. The summed E-state index contributed by atoms with van der Waals surface area (Å²) in [4.78, 5) is 25.2. The van der Waals surface area contributed by atoms with Gasteiger partial charge < -0.3 is 23.9 Å². The molecular formula is C22H31N3O6. The second-order valence-corrected chi connectivity index (χ2v) is 6.83. The third kappa shape index (κ3) is 8.03. The number of rotatable bonds is 11. The van der Waals surface area contributed by atoms with E-state index in [9.17, 15) is 4.79 Å². The van der Waals surface area contributed by atoms with Gasteiger partial charge in [0.2, 0.25) is 0 Å². The molecule has 1 fully saturated rings. The van der Waals surface area contributed by atoms with E-state index in [1.807, 2.05) is 25.1 Å². The first-order valence-corrected chi connectivity index (χ1v) is 10.1. The quantitative estimate of drug-likeness (QED) is 0.132. The van der Waals surface area contributed by atoms with Crippen LogP contribution in [0.1, 0.15) is 25.0 Å². The molecule has 1 aliphatic rings. The Bertz CT molecular complexity index is 800. The molecule has 0 unspecified atom stereocenters. The lowest BCUT2D eigenvalue weighted by Gasteiger charge is -2.25. The second kappa shape index (κ2) is 13.4. The number of carbonyl (C=O) groups is 1. The number of ether oxygens (including phenoxy) is 3. The number of oxime groups is 2. The van der Waals surface area contributed by atoms with E-state index in [2.05, 4.69) is 15.2 Å². The van der Waals surface area contributed by atoms with E-state index in [1.54, 1.807) is 13.0 Å². The zero-order valence-electron chi connectivity index (χ0n) is 18.6. The highest BCUT2D eigenvalue weighted by atomic mass is 16.6. The summed E-state index contributed by atoms with van der Waals surface area (Å²) >= 11 is 0. The first-order valence-electron chi connectivity index (χ1n) is 10.1. The molecule has 2 rings (SSSR count). The van der Waals surface area contributed by atoms with Crippen molar-refractivity contribution >= 4 is 23.0 Å². The van der Waals surface area contributed by atoms with Gasteiger partial charge in [0, 0.05) is 25.2 Å². The lowest BCUT2D eigenvalue weighted by atomic mass is 10.0. The van der Waals surface area contributed by atoms with Gasteiger partial charge in [-0.2, -0.15) is 0 Å². The maximum Gasteiger partial charge on any atom is 0.341 e. The molecule has 0 radical (unpaired) electrons. The van der Waals surface area contributed by atoms with Crippen molar-refractivity contribution in [2.45, 2.75) is 20.5 Å². The average Bonchev–Trinajstić information content (AvgIpc) is 2.80. The summed E-state index contributed by atoms with van der Waals surface area (Å²) in [5.41, 5.74) is 2.95. The van der Waals surface area contributed by atoms with Gasteiger partial charge in [-0.05, 0) is 19.4 Å². The molecule has 9 heteroatoms. The smallest absolute Gasteiger partial charge is 0.341 e. The Morgan fingerprint density at radius 1 is 1.10 bits per heavy atom. The standard InChI is InChI=1S/C22H31N3O6/c1-17(23-30-14-11-25-9-12-29-13-10-25)18(2)24-31-15-19-7-5-6-8-20(19)21(16-27-3)22(26)28-4/h5-8,16H,9-15H2,1-4H3/b21-16-,23-17+,24-18+. The highest BCUT2D eigenvalue weighted by molar-refractivity contribution is 6.40. The van der Waals surface area contributed by atoms with E-state index in [0.717, 1.165) is 38.4 Å². The van der Waals surface area contributed by atoms with Gasteiger partial charge in [-0.25, -0.2) is 4.79 Å². The first-order chi connectivity index (χ1) is 15.1.